The Labute approximate surface area is 103 Å². The number of rotatable bonds is 6. The van der Waals surface area contributed by atoms with Crippen molar-refractivity contribution in [2.45, 2.75) is 65.9 Å². The Hall–Kier alpha value is -1.06. The van der Waals surface area contributed by atoms with Crippen molar-refractivity contribution in [1.82, 2.24) is 0 Å². The van der Waals surface area contributed by atoms with Gasteiger partial charge in [-0.2, -0.15) is 0 Å². The van der Waals surface area contributed by atoms with Crippen molar-refractivity contribution >= 4 is 11.9 Å². The van der Waals surface area contributed by atoms with Gasteiger partial charge in [-0.05, 0) is 25.2 Å². The van der Waals surface area contributed by atoms with Gasteiger partial charge in [-0.1, -0.05) is 27.7 Å². The molecule has 0 aliphatic heterocycles. The van der Waals surface area contributed by atoms with Gasteiger partial charge in [0.25, 0.3) is 0 Å². The van der Waals surface area contributed by atoms with Crippen molar-refractivity contribution in [3.63, 3.8) is 0 Å². The van der Waals surface area contributed by atoms with Gasteiger partial charge in [0, 0.05) is 0 Å². The smallest absolute Gasteiger partial charge is 0.306 e. The van der Waals surface area contributed by atoms with E-state index in [1.165, 1.54) is 0 Å². The van der Waals surface area contributed by atoms with Gasteiger partial charge >= 0.3 is 11.9 Å². The first-order chi connectivity index (χ1) is 7.58. The van der Waals surface area contributed by atoms with Crippen LogP contribution in [0.2, 0.25) is 0 Å². The summed E-state index contributed by atoms with van der Waals surface area (Å²) in [5, 5.41) is 8.50. The molecular formula is C13H24O4. The molecule has 0 amide bonds. The third-order valence-corrected chi connectivity index (χ3v) is 2.56. The zero-order valence-corrected chi connectivity index (χ0v) is 11.5. The summed E-state index contributed by atoms with van der Waals surface area (Å²) in [6.45, 7) is 10.1. The molecule has 4 nitrogen and oxygen atoms in total. The molecule has 0 aromatic rings. The highest BCUT2D eigenvalue weighted by molar-refractivity contribution is 5.76. The maximum Gasteiger partial charge on any atom is 0.306 e. The summed E-state index contributed by atoms with van der Waals surface area (Å²) in [6.07, 6.45) is 1.25. The van der Waals surface area contributed by atoms with E-state index >= 15 is 0 Å². The highest BCUT2D eigenvalue weighted by Gasteiger charge is 2.32. The fourth-order valence-electron chi connectivity index (χ4n) is 1.89. The van der Waals surface area contributed by atoms with Gasteiger partial charge in [-0.25, -0.2) is 0 Å². The Balaban J connectivity index is 4.37. The SMILES string of the molecule is CCC(C)(CC(C)(C)C)OC(=O)CCC(=O)O. The number of carbonyl (C=O) groups excluding carboxylic acids is 1. The standard InChI is InChI=1S/C13H24O4/c1-6-13(5,9-12(2,3)4)17-11(16)8-7-10(14)15/h6-9H2,1-5H3,(H,14,15). The zero-order valence-electron chi connectivity index (χ0n) is 11.5. The van der Waals surface area contributed by atoms with Crippen LogP contribution >= 0.6 is 0 Å². The number of carboxylic acids is 1. The van der Waals surface area contributed by atoms with Crippen LogP contribution in [0.1, 0.15) is 60.3 Å². The van der Waals surface area contributed by atoms with Crippen molar-refractivity contribution in [3.05, 3.63) is 0 Å². The van der Waals surface area contributed by atoms with Crippen LogP contribution in [0, 0.1) is 5.41 Å². The second-order valence-corrected chi connectivity index (χ2v) is 5.91. The minimum Gasteiger partial charge on any atom is -0.481 e. The molecule has 0 heterocycles. The molecule has 0 saturated heterocycles. The van der Waals surface area contributed by atoms with Crippen LogP contribution in [0.3, 0.4) is 0 Å². The molecule has 0 aliphatic rings. The molecule has 1 N–H and O–H groups in total. The first kappa shape index (κ1) is 15.9. The molecule has 0 rings (SSSR count). The number of carbonyl (C=O) groups is 2. The van der Waals surface area contributed by atoms with Gasteiger partial charge < -0.3 is 9.84 Å². The van der Waals surface area contributed by atoms with Gasteiger partial charge in [-0.15, -0.1) is 0 Å². The zero-order chi connectivity index (χ0) is 13.7. The Morgan fingerprint density at radius 1 is 1.12 bits per heavy atom. The second-order valence-electron chi connectivity index (χ2n) is 5.91. The van der Waals surface area contributed by atoms with Crippen molar-refractivity contribution in [2.75, 3.05) is 0 Å². The van der Waals surface area contributed by atoms with E-state index in [1.54, 1.807) is 0 Å². The van der Waals surface area contributed by atoms with E-state index in [9.17, 15) is 9.59 Å². The molecule has 17 heavy (non-hydrogen) atoms. The summed E-state index contributed by atoms with van der Waals surface area (Å²) in [5.74, 6) is -1.41. The molecule has 0 aliphatic carbocycles. The minimum atomic E-state index is -0.976. The van der Waals surface area contributed by atoms with Crippen LogP contribution < -0.4 is 0 Å². The molecular weight excluding hydrogens is 220 g/mol. The lowest BCUT2D eigenvalue weighted by atomic mass is 9.81. The second kappa shape index (κ2) is 6.03. The molecule has 4 heteroatoms. The molecule has 0 saturated carbocycles. The maximum absolute atomic E-state index is 11.5. The Kier molecular flexibility index (Phi) is 5.66. The number of hydrogen-bond donors (Lipinski definition) is 1. The molecule has 0 bridgehead atoms. The summed E-state index contributed by atoms with van der Waals surface area (Å²) >= 11 is 0. The van der Waals surface area contributed by atoms with Gasteiger partial charge in [0.15, 0.2) is 0 Å². The van der Waals surface area contributed by atoms with Gasteiger partial charge in [0.1, 0.15) is 5.60 Å². The van der Waals surface area contributed by atoms with Crippen LogP contribution in [0.15, 0.2) is 0 Å². The number of esters is 1. The minimum absolute atomic E-state index is 0.0605. The first-order valence-corrected chi connectivity index (χ1v) is 6.01. The third-order valence-electron chi connectivity index (χ3n) is 2.56. The Bertz CT molecular complexity index is 278. The molecule has 100 valence electrons. The van der Waals surface area contributed by atoms with Crippen LogP contribution in [0.5, 0.6) is 0 Å². The number of aliphatic carboxylic acids is 1. The Morgan fingerprint density at radius 2 is 1.65 bits per heavy atom. The van der Waals surface area contributed by atoms with Crippen LogP contribution in [0.25, 0.3) is 0 Å². The lowest BCUT2D eigenvalue weighted by Crippen LogP contribution is -2.35. The average molecular weight is 244 g/mol. The summed E-state index contributed by atoms with van der Waals surface area (Å²) in [6, 6.07) is 0. The van der Waals surface area contributed by atoms with E-state index in [1.807, 2.05) is 13.8 Å². The van der Waals surface area contributed by atoms with Crippen molar-refractivity contribution in [3.8, 4) is 0 Å². The van der Waals surface area contributed by atoms with E-state index < -0.39 is 17.5 Å². The molecule has 1 unspecified atom stereocenters. The summed E-state index contributed by atoms with van der Waals surface area (Å²) in [4.78, 5) is 21.9. The highest BCUT2D eigenvalue weighted by atomic mass is 16.6. The van der Waals surface area contributed by atoms with E-state index in [2.05, 4.69) is 20.8 Å². The molecule has 0 fully saturated rings. The van der Waals surface area contributed by atoms with Crippen LogP contribution in [0.4, 0.5) is 0 Å². The third kappa shape index (κ3) is 7.77. The molecule has 0 spiro atoms. The monoisotopic (exact) mass is 244 g/mol. The molecule has 1 atom stereocenters. The number of carboxylic acid groups (broad SMARTS) is 1. The van der Waals surface area contributed by atoms with Crippen LogP contribution in [-0.4, -0.2) is 22.6 Å². The van der Waals surface area contributed by atoms with Gasteiger partial charge in [-0.3, -0.25) is 9.59 Å². The fraction of sp³-hybridized carbons (Fsp3) is 0.846. The normalized spacial score (nSPS) is 15.1. The van der Waals surface area contributed by atoms with Crippen molar-refractivity contribution < 1.29 is 19.4 Å². The van der Waals surface area contributed by atoms with Crippen LogP contribution in [-0.2, 0) is 14.3 Å². The Morgan fingerprint density at radius 3 is 2.00 bits per heavy atom. The quantitative estimate of drug-likeness (QED) is 0.729. The average Bonchev–Trinajstić information content (AvgIpc) is 2.11. The fourth-order valence-corrected chi connectivity index (χ4v) is 1.89. The number of ether oxygens (including phenoxy) is 1. The van der Waals surface area contributed by atoms with E-state index in [-0.39, 0.29) is 18.3 Å². The topological polar surface area (TPSA) is 63.6 Å². The predicted octanol–water partition coefficient (Wildman–Crippen LogP) is 3.00. The van der Waals surface area contributed by atoms with Crippen molar-refractivity contribution in [2.24, 2.45) is 5.41 Å². The predicted molar refractivity (Wildman–Crippen MR) is 65.7 cm³/mol. The number of hydrogen-bond acceptors (Lipinski definition) is 3. The largest absolute Gasteiger partial charge is 0.481 e. The summed E-state index contributed by atoms with van der Waals surface area (Å²) in [7, 11) is 0. The molecule has 0 radical (unpaired) electrons. The summed E-state index contributed by atoms with van der Waals surface area (Å²) < 4.78 is 5.41. The van der Waals surface area contributed by atoms with E-state index in [0.717, 1.165) is 12.8 Å². The summed E-state index contributed by atoms with van der Waals surface area (Å²) in [5.41, 5.74) is -0.439. The molecule has 0 aromatic carbocycles. The van der Waals surface area contributed by atoms with E-state index in [4.69, 9.17) is 9.84 Å². The van der Waals surface area contributed by atoms with E-state index in [0.29, 0.717) is 0 Å². The molecule has 0 aromatic heterocycles. The van der Waals surface area contributed by atoms with Gasteiger partial charge in [0.05, 0.1) is 12.8 Å². The lowest BCUT2D eigenvalue weighted by molar-refractivity contribution is -0.163. The lowest BCUT2D eigenvalue weighted by Gasteiger charge is -2.34. The van der Waals surface area contributed by atoms with Gasteiger partial charge in [0.2, 0.25) is 0 Å². The first-order valence-electron chi connectivity index (χ1n) is 6.01. The van der Waals surface area contributed by atoms with Crippen molar-refractivity contribution in [1.29, 1.82) is 0 Å². The maximum atomic E-state index is 11.5. The highest BCUT2D eigenvalue weighted by Crippen LogP contribution is 2.32.